The number of carbonyl (C=O) groups excluding carboxylic acids is 3. The summed E-state index contributed by atoms with van der Waals surface area (Å²) in [5.74, 6) is 0.0729. The molecule has 1 saturated heterocycles. The van der Waals surface area contributed by atoms with E-state index in [0.717, 1.165) is 5.56 Å². The van der Waals surface area contributed by atoms with E-state index in [9.17, 15) is 14.4 Å². The molecule has 2 aliphatic heterocycles. The molecule has 9 heteroatoms. The van der Waals surface area contributed by atoms with Crippen LogP contribution in [0.2, 0.25) is 0 Å². The van der Waals surface area contributed by atoms with Crippen LogP contribution in [-0.4, -0.2) is 40.3 Å². The van der Waals surface area contributed by atoms with E-state index in [1.54, 1.807) is 30.0 Å². The van der Waals surface area contributed by atoms with E-state index in [1.165, 1.54) is 18.7 Å². The lowest BCUT2D eigenvalue weighted by Gasteiger charge is -2.39. The van der Waals surface area contributed by atoms with Crippen molar-refractivity contribution in [3.05, 3.63) is 70.9 Å². The van der Waals surface area contributed by atoms with Gasteiger partial charge in [-0.2, -0.15) is 0 Å². The molecule has 2 heterocycles. The minimum atomic E-state index is -0.753. The van der Waals surface area contributed by atoms with Gasteiger partial charge < -0.3 is 14.2 Å². The number of carbonyl (C=O) groups is 3. The molecule has 4 rings (SSSR count). The van der Waals surface area contributed by atoms with Crippen LogP contribution in [0.5, 0.6) is 11.5 Å². The Kier molecular flexibility index (Phi) is 7.55. The molecule has 0 spiro atoms. The Labute approximate surface area is 207 Å². The van der Waals surface area contributed by atoms with E-state index in [4.69, 9.17) is 14.2 Å². The van der Waals surface area contributed by atoms with Gasteiger partial charge in [0.25, 0.3) is 0 Å². The van der Waals surface area contributed by atoms with Gasteiger partial charge in [0.05, 0.1) is 23.9 Å². The summed E-state index contributed by atoms with van der Waals surface area (Å²) in [7, 11) is 0. The first kappa shape index (κ1) is 24.5. The summed E-state index contributed by atoms with van der Waals surface area (Å²) >= 11 is 1.47. The molecule has 1 fully saturated rings. The smallest absolute Gasteiger partial charge is 0.338 e. The maximum atomic E-state index is 13.4. The number of amidine groups is 1. The molecule has 0 aromatic heterocycles. The van der Waals surface area contributed by atoms with Crippen LogP contribution in [0.3, 0.4) is 0 Å². The molecule has 2 aliphatic rings. The van der Waals surface area contributed by atoms with Gasteiger partial charge in [-0.1, -0.05) is 48.2 Å². The molecule has 0 unspecified atom stereocenters. The van der Waals surface area contributed by atoms with Crippen LogP contribution in [0.15, 0.2) is 64.8 Å². The first-order valence-corrected chi connectivity index (χ1v) is 12.3. The number of hydrogen-bond acceptors (Lipinski definition) is 8. The number of nitrogens with zero attached hydrogens (tertiary/aromatic N) is 2. The Morgan fingerprint density at radius 1 is 1.14 bits per heavy atom. The molecule has 0 radical (unpaired) electrons. The summed E-state index contributed by atoms with van der Waals surface area (Å²) in [6.07, 6.45) is 0.329. The van der Waals surface area contributed by atoms with E-state index in [2.05, 4.69) is 4.99 Å². The van der Waals surface area contributed by atoms with Gasteiger partial charge >= 0.3 is 11.9 Å². The van der Waals surface area contributed by atoms with Crippen LogP contribution in [0.25, 0.3) is 0 Å². The first-order chi connectivity index (χ1) is 16.9. The van der Waals surface area contributed by atoms with Crippen molar-refractivity contribution in [2.75, 3.05) is 12.4 Å². The first-order valence-electron chi connectivity index (χ1n) is 11.3. The zero-order valence-electron chi connectivity index (χ0n) is 19.8. The van der Waals surface area contributed by atoms with E-state index in [1.807, 2.05) is 37.3 Å². The number of ether oxygens (including phenoxy) is 3. The van der Waals surface area contributed by atoms with Gasteiger partial charge in [-0.25, -0.2) is 9.79 Å². The summed E-state index contributed by atoms with van der Waals surface area (Å²) < 4.78 is 16.6. The lowest BCUT2D eigenvalue weighted by atomic mass is 9.93. The number of fused-ring (bicyclic) bond motifs is 1. The Morgan fingerprint density at radius 2 is 1.91 bits per heavy atom. The van der Waals surface area contributed by atoms with E-state index >= 15 is 0 Å². The predicted molar refractivity (Wildman–Crippen MR) is 132 cm³/mol. The maximum absolute atomic E-state index is 13.4. The third-order valence-corrected chi connectivity index (χ3v) is 6.43. The normalized spacial score (nSPS) is 17.5. The van der Waals surface area contributed by atoms with E-state index in [-0.39, 0.29) is 23.8 Å². The predicted octanol–water partition coefficient (Wildman–Crippen LogP) is 4.40. The van der Waals surface area contributed by atoms with Crippen LogP contribution in [-0.2, 0) is 25.7 Å². The average molecular weight is 495 g/mol. The highest BCUT2D eigenvalue weighted by Gasteiger charge is 2.42. The van der Waals surface area contributed by atoms with Crippen LogP contribution in [0.1, 0.15) is 44.4 Å². The molecule has 0 saturated carbocycles. The van der Waals surface area contributed by atoms with Crippen LogP contribution in [0.4, 0.5) is 0 Å². The van der Waals surface area contributed by atoms with Crippen molar-refractivity contribution in [1.29, 1.82) is 0 Å². The van der Waals surface area contributed by atoms with Gasteiger partial charge in [0, 0.05) is 19.1 Å². The molecule has 2 aromatic rings. The largest absolute Gasteiger partial charge is 0.490 e. The number of hydrogen-bond donors (Lipinski definition) is 0. The standard InChI is InChI=1S/C26H26N2O6S/c1-4-32-21-14-19(10-11-20(21)34-17(3)29)24-23(25(31)33-15-18-8-6-5-7-9-18)16(2)27-26-28(24)22(30)12-13-35-26/h5-11,14,24H,4,12-13,15H2,1-3H3/t24-/m1/s1. The van der Waals surface area contributed by atoms with Crippen molar-refractivity contribution in [3.8, 4) is 11.5 Å². The number of esters is 2. The van der Waals surface area contributed by atoms with Crippen molar-refractivity contribution in [1.82, 2.24) is 4.90 Å². The van der Waals surface area contributed by atoms with Crippen LogP contribution >= 0.6 is 11.8 Å². The monoisotopic (exact) mass is 494 g/mol. The second-order valence-electron chi connectivity index (χ2n) is 7.95. The lowest BCUT2D eigenvalue weighted by molar-refractivity contribution is -0.141. The summed E-state index contributed by atoms with van der Waals surface area (Å²) in [4.78, 5) is 44.1. The lowest BCUT2D eigenvalue weighted by Crippen LogP contribution is -2.45. The van der Waals surface area contributed by atoms with Gasteiger partial charge in [0.15, 0.2) is 16.7 Å². The molecule has 8 nitrogen and oxygen atoms in total. The third kappa shape index (κ3) is 5.40. The Balaban J connectivity index is 1.75. The number of benzene rings is 2. The fourth-order valence-corrected chi connectivity index (χ4v) is 4.98. The second-order valence-corrected chi connectivity index (χ2v) is 9.01. The zero-order chi connectivity index (χ0) is 24.9. The summed E-state index contributed by atoms with van der Waals surface area (Å²) in [6.45, 7) is 5.31. The highest BCUT2D eigenvalue weighted by molar-refractivity contribution is 8.14. The molecule has 1 atom stereocenters. The highest BCUT2D eigenvalue weighted by atomic mass is 32.2. The molecule has 182 valence electrons. The Bertz CT molecular complexity index is 1210. The molecular formula is C26H26N2O6S. The van der Waals surface area contributed by atoms with Crippen molar-refractivity contribution in [2.24, 2.45) is 4.99 Å². The third-order valence-electron chi connectivity index (χ3n) is 5.48. The second kappa shape index (κ2) is 10.8. The zero-order valence-corrected chi connectivity index (χ0v) is 20.6. The van der Waals surface area contributed by atoms with Gasteiger partial charge in [0.2, 0.25) is 5.91 Å². The molecule has 1 amide bonds. The number of thioether (sulfide) groups is 1. The SMILES string of the molecule is CCOc1cc([C@@H]2C(C(=O)OCc3ccccc3)=C(C)N=C3SCCC(=O)N32)ccc1OC(C)=O. The number of amides is 1. The van der Waals surface area contributed by atoms with Gasteiger partial charge in [-0.05, 0) is 37.1 Å². The van der Waals surface area contributed by atoms with Crippen LogP contribution in [0, 0.1) is 0 Å². The summed E-state index contributed by atoms with van der Waals surface area (Å²) in [5.41, 5.74) is 2.25. The molecule has 0 N–H and O–H groups in total. The molecular weight excluding hydrogens is 468 g/mol. The number of rotatable bonds is 7. The summed E-state index contributed by atoms with van der Waals surface area (Å²) in [5, 5.41) is 0.547. The van der Waals surface area contributed by atoms with E-state index in [0.29, 0.717) is 41.0 Å². The van der Waals surface area contributed by atoms with Crippen molar-refractivity contribution in [3.63, 3.8) is 0 Å². The molecule has 0 aliphatic carbocycles. The van der Waals surface area contributed by atoms with Crippen LogP contribution < -0.4 is 9.47 Å². The Morgan fingerprint density at radius 3 is 2.63 bits per heavy atom. The minimum Gasteiger partial charge on any atom is -0.490 e. The maximum Gasteiger partial charge on any atom is 0.338 e. The van der Waals surface area contributed by atoms with Gasteiger partial charge in [-0.3, -0.25) is 14.5 Å². The minimum absolute atomic E-state index is 0.0953. The van der Waals surface area contributed by atoms with Crippen molar-refractivity contribution < 1.29 is 28.6 Å². The van der Waals surface area contributed by atoms with E-state index < -0.39 is 18.0 Å². The molecule has 35 heavy (non-hydrogen) atoms. The highest BCUT2D eigenvalue weighted by Crippen LogP contribution is 2.42. The van der Waals surface area contributed by atoms with Crippen molar-refractivity contribution >= 4 is 34.8 Å². The fraction of sp³-hybridized carbons (Fsp3) is 0.308. The molecule has 0 bridgehead atoms. The average Bonchev–Trinajstić information content (AvgIpc) is 2.83. The van der Waals surface area contributed by atoms with Gasteiger partial charge in [-0.15, -0.1) is 0 Å². The van der Waals surface area contributed by atoms with Gasteiger partial charge in [0.1, 0.15) is 6.61 Å². The summed E-state index contributed by atoms with van der Waals surface area (Å²) in [6, 6.07) is 13.6. The van der Waals surface area contributed by atoms with Crippen molar-refractivity contribution in [2.45, 2.75) is 39.8 Å². The molecule has 2 aromatic carbocycles. The fourth-order valence-electron chi connectivity index (χ4n) is 3.98. The topological polar surface area (TPSA) is 94.5 Å². The Hall–Kier alpha value is -3.59. The number of allylic oxidation sites excluding steroid dienone is 1. The quantitative estimate of drug-likeness (QED) is 0.416. The number of aliphatic imine (C=N–C) groups is 1.